The van der Waals surface area contributed by atoms with Gasteiger partial charge in [-0.25, -0.2) is 4.79 Å². The molecule has 0 aliphatic carbocycles. The van der Waals surface area contributed by atoms with Gasteiger partial charge in [0.2, 0.25) is 11.8 Å². The predicted octanol–water partition coefficient (Wildman–Crippen LogP) is 5.33. The number of hydrogen-bond donors (Lipinski definition) is 1. The van der Waals surface area contributed by atoms with Gasteiger partial charge in [0.05, 0.1) is 33.8 Å². The second kappa shape index (κ2) is 10.6. The predicted molar refractivity (Wildman–Crippen MR) is 122 cm³/mol. The van der Waals surface area contributed by atoms with Crippen molar-refractivity contribution in [1.82, 2.24) is 0 Å². The minimum atomic E-state index is -0.522. The van der Waals surface area contributed by atoms with Crippen LogP contribution in [0.1, 0.15) is 43.0 Å². The summed E-state index contributed by atoms with van der Waals surface area (Å²) in [7, 11) is 0. The number of anilines is 2. The van der Waals surface area contributed by atoms with Crippen molar-refractivity contribution < 1.29 is 19.1 Å². The highest BCUT2D eigenvalue weighted by molar-refractivity contribution is 6.44. The molecule has 1 aliphatic rings. The normalized spacial score (nSPS) is 15.8. The first kappa shape index (κ1) is 23.1. The minimum Gasteiger partial charge on any atom is -0.462 e. The Labute approximate surface area is 191 Å². The smallest absolute Gasteiger partial charge is 0.338 e. The van der Waals surface area contributed by atoms with Crippen LogP contribution in [0.2, 0.25) is 10.0 Å². The van der Waals surface area contributed by atoms with Crippen LogP contribution < -0.4 is 10.2 Å². The monoisotopic (exact) mass is 462 g/mol. The van der Waals surface area contributed by atoms with Crippen molar-refractivity contribution in [2.24, 2.45) is 5.92 Å². The maximum atomic E-state index is 12.7. The summed E-state index contributed by atoms with van der Waals surface area (Å²) in [6.07, 6.45) is 3.00. The van der Waals surface area contributed by atoms with Gasteiger partial charge in [0, 0.05) is 18.7 Å². The van der Waals surface area contributed by atoms with E-state index in [9.17, 15) is 14.4 Å². The molecule has 0 spiro atoms. The first-order valence-corrected chi connectivity index (χ1v) is 11.0. The van der Waals surface area contributed by atoms with Crippen LogP contribution in [0.5, 0.6) is 0 Å². The molecule has 6 nitrogen and oxygen atoms in total. The van der Waals surface area contributed by atoms with Gasteiger partial charge in [0.15, 0.2) is 0 Å². The number of esters is 1. The lowest BCUT2D eigenvalue weighted by Gasteiger charge is -2.18. The summed E-state index contributed by atoms with van der Waals surface area (Å²) in [4.78, 5) is 38.6. The third kappa shape index (κ3) is 5.77. The number of benzene rings is 2. The summed E-state index contributed by atoms with van der Waals surface area (Å²) in [6, 6.07) is 11.5. The number of hydrogen-bond acceptors (Lipinski definition) is 4. The van der Waals surface area contributed by atoms with Gasteiger partial charge < -0.3 is 15.0 Å². The maximum Gasteiger partial charge on any atom is 0.338 e. The van der Waals surface area contributed by atoms with Gasteiger partial charge >= 0.3 is 5.97 Å². The summed E-state index contributed by atoms with van der Waals surface area (Å²) < 4.78 is 5.23. The molecule has 0 unspecified atom stereocenters. The van der Waals surface area contributed by atoms with Gasteiger partial charge in [0.1, 0.15) is 0 Å². The lowest BCUT2D eigenvalue weighted by atomic mass is 10.1. The topological polar surface area (TPSA) is 75.7 Å². The van der Waals surface area contributed by atoms with Crippen molar-refractivity contribution in [2.75, 3.05) is 23.4 Å². The highest BCUT2D eigenvalue weighted by Crippen LogP contribution is 2.35. The van der Waals surface area contributed by atoms with Crippen LogP contribution in [0.15, 0.2) is 42.5 Å². The summed E-state index contributed by atoms with van der Waals surface area (Å²) >= 11 is 12.3. The van der Waals surface area contributed by atoms with Crippen LogP contribution in [0.25, 0.3) is 0 Å². The Morgan fingerprint density at radius 2 is 1.87 bits per heavy atom. The van der Waals surface area contributed by atoms with Crippen LogP contribution in [-0.4, -0.2) is 30.9 Å². The molecule has 1 heterocycles. The van der Waals surface area contributed by atoms with Gasteiger partial charge in [0.25, 0.3) is 0 Å². The third-order valence-corrected chi connectivity index (χ3v) is 5.90. The van der Waals surface area contributed by atoms with E-state index in [-0.39, 0.29) is 35.8 Å². The Balaban J connectivity index is 1.57. The van der Waals surface area contributed by atoms with Gasteiger partial charge in [-0.3, -0.25) is 9.59 Å². The molecule has 8 heteroatoms. The van der Waals surface area contributed by atoms with Crippen LogP contribution in [0, 0.1) is 5.92 Å². The molecular weight excluding hydrogens is 439 g/mol. The molecule has 3 rings (SSSR count). The second-order valence-electron chi connectivity index (χ2n) is 7.39. The lowest BCUT2D eigenvalue weighted by molar-refractivity contribution is -0.122. The molecule has 31 heavy (non-hydrogen) atoms. The number of rotatable bonds is 8. The number of halogens is 2. The van der Waals surface area contributed by atoms with E-state index in [1.54, 1.807) is 42.5 Å². The van der Waals surface area contributed by atoms with Crippen molar-refractivity contribution in [3.05, 3.63) is 58.1 Å². The Kier molecular flexibility index (Phi) is 7.93. The van der Waals surface area contributed by atoms with E-state index in [2.05, 4.69) is 12.2 Å². The van der Waals surface area contributed by atoms with Gasteiger partial charge in [-0.05, 0) is 42.8 Å². The molecule has 1 atom stereocenters. The molecule has 1 saturated heterocycles. The molecule has 0 radical (unpaired) electrons. The van der Waals surface area contributed by atoms with Gasteiger partial charge in [-0.1, -0.05) is 49.0 Å². The third-order valence-electron chi connectivity index (χ3n) is 5.09. The quantitative estimate of drug-likeness (QED) is 0.424. The van der Waals surface area contributed by atoms with Crippen molar-refractivity contribution in [1.29, 1.82) is 0 Å². The Bertz CT molecular complexity index is 963. The van der Waals surface area contributed by atoms with Crippen LogP contribution in [0.4, 0.5) is 11.4 Å². The number of nitrogens with one attached hydrogen (secondary N) is 1. The summed E-state index contributed by atoms with van der Waals surface area (Å²) in [5, 5.41) is 3.44. The molecule has 0 aromatic heterocycles. The van der Waals surface area contributed by atoms with Crippen LogP contribution in [-0.2, 0) is 14.3 Å². The van der Waals surface area contributed by atoms with Crippen LogP contribution in [0.3, 0.4) is 0 Å². The molecule has 1 aliphatic heterocycles. The summed E-state index contributed by atoms with van der Waals surface area (Å²) in [5.41, 5.74) is 1.46. The molecule has 1 fully saturated rings. The van der Waals surface area contributed by atoms with E-state index >= 15 is 0 Å². The molecule has 2 aromatic carbocycles. The number of carbonyl (C=O) groups is 3. The Morgan fingerprint density at radius 1 is 1.13 bits per heavy atom. The minimum absolute atomic E-state index is 0.0802. The van der Waals surface area contributed by atoms with E-state index in [1.807, 2.05) is 0 Å². The zero-order valence-corrected chi connectivity index (χ0v) is 18.7. The van der Waals surface area contributed by atoms with E-state index < -0.39 is 5.92 Å². The molecule has 2 aromatic rings. The van der Waals surface area contributed by atoms with Crippen molar-refractivity contribution in [3.63, 3.8) is 0 Å². The van der Waals surface area contributed by atoms with Gasteiger partial charge in [-0.15, -0.1) is 0 Å². The van der Waals surface area contributed by atoms with Crippen molar-refractivity contribution in [2.45, 2.75) is 32.6 Å². The van der Waals surface area contributed by atoms with Gasteiger partial charge in [-0.2, -0.15) is 0 Å². The largest absolute Gasteiger partial charge is 0.462 e. The maximum absolute atomic E-state index is 12.7. The van der Waals surface area contributed by atoms with Crippen LogP contribution >= 0.6 is 23.2 Å². The molecule has 0 saturated carbocycles. The zero-order chi connectivity index (χ0) is 22.4. The molecule has 1 N–H and O–H groups in total. The van der Waals surface area contributed by atoms with E-state index in [0.29, 0.717) is 28.6 Å². The van der Waals surface area contributed by atoms with E-state index in [0.717, 1.165) is 19.3 Å². The van der Waals surface area contributed by atoms with E-state index in [1.165, 1.54) is 4.90 Å². The fourth-order valence-electron chi connectivity index (χ4n) is 3.35. The molecule has 164 valence electrons. The lowest BCUT2D eigenvalue weighted by Crippen LogP contribution is -2.28. The summed E-state index contributed by atoms with van der Waals surface area (Å²) in [5.74, 6) is -1.37. The molecule has 2 amide bonds. The van der Waals surface area contributed by atoms with Crippen molar-refractivity contribution in [3.8, 4) is 0 Å². The number of unbranched alkanes of at least 4 members (excludes halogenated alkanes) is 2. The summed E-state index contributed by atoms with van der Waals surface area (Å²) in [6.45, 7) is 2.70. The standard InChI is InChI=1S/C23H24Cl2N2O4/c1-2-3-4-12-31-23(30)15-8-10-17(11-9-15)26-22(29)16-13-20(28)27(14-16)19-7-5-6-18(24)21(19)25/h5-11,16H,2-4,12-14H2,1H3,(H,26,29)/t16-/m1/s1. The number of amides is 2. The average molecular weight is 463 g/mol. The Hall–Kier alpha value is -2.57. The fourth-order valence-corrected chi connectivity index (χ4v) is 3.75. The number of carbonyl (C=O) groups excluding carboxylic acids is 3. The highest BCUT2D eigenvalue weighted by atomic mass is 35.5. The zero-order valence-electron chi connectivity index (χ0n) is 17.2. The highest BCUT2D eigenvalue weighted by Gasteiger charge is 2.36. The van der Waals surface area contributed by atoms with E-state index in [4.69, 9.17) is 27.9 Å². The number of nitrogens with zero attached hydrogens (tertiary/aromatic N) is 1. The Morgan fingerprint density at radius 3 is 2.58 bits per heavy atom. The first-order chi connectivity index (χ1) is 14.9. The fraction of sp³-hybridized carbons (Fsp3) is 0.348. The first-order valence-electron chi connectivity index (χ1n) is 10.2. The van der Waals surface area contributed by atoms with Crippen molar-refractivity contribution >= 4 is 52.4 Å². The molecule has 0 bridgehead atoms. The molecular formula is C23H24Cl2N2O4. The second-order valence-corrected chi connectivity index (χ2v) is 8.17. The SMILES string of the molecule is CCCCCOC(=O)c1ccc(NC(=O)[C@@H]2CC(=O)N(c3cccc(Cl)c3Cl)C2)cc1. The number of ether oxygens (including phenoxy) is 1. The average Bonchev–Trinajstić information content (AvgIpc) is 3.15.